The van der Waals surface area contributed by atoms with Crippen LogP contribution in [0.25, 0.3) is 0 Å². The molecule has 0 radical (unpaired) electrons. The molecule has 0 saturated carbocycles. The van der Waals surface area contributed by atoms with E-state index in [1.54, 1.807) is 19.2 Å². The van der Waals surface area contributed by atoms with E-state index in [4.69, 9.17) is 16.3 Å². The lowest BCUT2D eigenvalue weighted by Gasteiger charge is -2.16. The number of rotatable bonds is 5. The van der Waals surface area contributed by atoms with Crippen LogP contribution in [0.3, 0.4) is 0 Å². The summed E-state index contributed by atoms with van der Waals surface area (Å²) in [4.78, 5) is 0. The zero-order valence-corrected chi connectivity index (χ0v) is 13.4. The fourth-order valence-corrected chi connectivity index (χ4v) is 2.82. The zero-order chi connectivity index (χ0) is 14.5. The highest BCUT2D eigenvalue weighted by atomic mass is 79.9. The van der Waals surface area contributed by atoms with Crippen LogP contribution >= 0.6 is 27.5 Å². The normalized spacial score (nSPS) is 12.2. The topological polar surface area (TPSA) is 9.23 Å². The van der Waals surface area contributed by atoms with E-state index in [2.05, 4.69) is 15.9 Å². The number of benzene rings is 2. The van der Waals surface area contributed by atoms with Gasteiger partial charge in [-0.1, -0.05) is 28.1 Å². The Balaban J connectivity index is 2.26. The van der Waals surface area contributed by atoms with E-state index in [-0.39, 0.29) is 11.7 Å². The number of methoxy groups -OCH3 is 1. The molecule has 1 unspecified atom stereocenters. The van der Waals surface area contributed by atoms with Crippen molar-refractivity contribution in [3.8, 4) is 5.75 Å². The van der Waals surface area contributed by atoms with Gasteiger partial charge in [0.25, 0.3) is 0 Å². The first-order chi connectivity index (χ1) is 9.63. The molecule has 0 N–H and O–H groups in total. The number of halogens is 3. The van der Waals surface area contributed by atoms with Gasteiger partial charge in [0.1, 0.15) is 11.6 Å². The van der Waals surface area contributed by atoms with Crippen molar-refractivity contribution in [2.24, 2.45) is 0 Å². The molecule has 0 spiro atoms. The lowest BCUT2D eigenvalue weighted by atomic mass is 9.93. The molecule has 0 aliphatic carbocycles. The van der Waals surface area contributed by atoms with Gasteiger partial charge in [-0.05, 0) is 47.9 Å². The first-order valence-corrected chi connectivity index (χ1v) is 7.60. The van der Waals surface area contributed by atoms with Crippen LogP contribution in [0.5, 0.6) is 5.75 Å². The highest BCUT2D eigenvalue weighted by molar-refractivity contribution is 9.10. The summed E-state index contributed by atoms with van der Waals surface area (Å²) in [6.45, 7) is 0. The van der Waals surface area contributed by atoms with E-state index in [1.807, 2.05) is 24.3 Å². The quantitative estimate of drug-likeness (QED) is 0.671. The molecule has 1 nitrogen and oxygen atoms in total. The van der Waals surface area contributed by atoms with Gasteiger partial charge in [0.15, 0.2) is 0 Å². The van der Waals surface area contributed by atoms with E-state index in [9.17, 15) is 4.39 Å². The number of hydrogen-bond acceptors (Lipinski definition) is 1. The van der Waals surface area contributed by atoms with Gasteiger partial charge in [-0.15, -0.1) is 11.6 Å². The summed E-state index contributed by atoms with van der Waals surface area (Å²) in [5, 5.41) is 0. The van der Waals surface area contributed by atoms with E-state index in [0.29, 0.717) is 5.88 Å². The number of alkyl halides is 1. The van der Waals surface area contributed by atoms with Crippen LogP contribution < -0.4 is 4.74 Å². The van der Waals surface area contributed by atoms with Gasteiger partial charge in [-0.25, -0.2) is 4.39 Å². The van der Waals surface area contributed by atoms with E-state index in [0.717, 1.165) is 27.8 Å². The minimum atomic E-state index is -0.234. The summed E-state index contributed by atoms with van der Waals surface area (Å²) in [7, 11) is 1.64. The maximum atomic E-state index is 13.3. The predicted molar refractivity (Wildman–Crippen MR) is 84.3 cm³/mol. The molecule has 2 aromatic rings. The minimum Gasteiger partial charge on any atom is -0.497 e. The maximum Gasteiger partial charge on any atom is 0.123 e. The molecule has 0 aliphatic heterocycles. The number of hydrogen-bond donors (Lipinski definition) is 0. The Bertz CT molecular complexity index is 588. The van der Waals surface area contributed by atoms with Crippen LogP contribution in [-0.4, -0.2) is 13.0 Å². The van der Waals surface area contributed by atoms with Gasteiger partial charge >= 0.3 is 0 Å². The summed E-state index contributed by atoms with van der Waals surface area (Å²) in [6, 6.07) is 12.4. The lowest BCUT2D eigenvalue weighted by Crippen LogP contribution is -2.06. The Morgan fingerprint density at radius 2 is 2.05 bits per heavy atom. The molecule has 0 aliphatic rings. The van der Waals surface area contributed by atoms with Crippen molar-refractivity contribution in [3.63, 3.8) is 0 Å². The van der Waals surface area contributed by atoms with Crippen LogP contribution in [0.4, 0.5) is 4.39 Å². The third-order valence-corrected chi connectivity index (χ3v) is 4.37. The Morgan fingerprint density at radius 1 is 1.25 bits per heavy atom. The molecule has 0 saturated heterocycles. The second-order valence-electron chi connectivity index (χ2n) is 4.57. The lowest BCUT2D eigenvalue weighted by molar-refractivity contribution is 0.414. The molecule has 1 atom stereocenters. The molecule has 20 heavy (non-hydrogen) atoms. The van der Waals surface area contributed by atoms with Crippen molar-refractivity contribution in [1.82, 2.24) is 0 Å². The molecular formula is C16H15BrClFO. The fraction of sp³-hybridized carbons (Fsp3) is 0.250. The molecule has 4 heteroatoms. The Morgan fingerprint density at radius 3 is 2.70 bits per heavy atom. The minimum absolute atomic E-state index is 0.0655. The molecule has 106 valence electrons. The van der Waals surface area contributed by atoms with Gasteiger partial charge in [0.05, 0.1) is 7.11 Å². The summed E-state index contributed by atoms with van der Waals surface area (Å²) in [6.07, 6.45) is 0.727. The molecule has 2 aromatic carbocycles. The molecule has 0 fully saturated rings. The Labute approximate surface area is 131 Å². The second-order valence-corrected chi connectivity index (χ2v) is 5.73. The van der Waals surface area contributed by atoms with Crippen molar-refractivity contribution in [2.75, 3.05) is 13.0 Å². The van der Waals surface area contributed by atoms with Crippen LogP contribution in [0, 0.1) is 5.82 Å². The highest BCUT2D eigenvalue weighted by Crippen LogP contribution is 2.29. The van der Waals surface area contributed by atoms with Gasteiger partial charge in [-0.2, -0.15) is 0 Å². The predicted octanol–water partition coefficient (Wildman–Crippen LogP) is 5.16. The van der Waals surface area contributed by atoms with E-state index < -0.39 is 0 Å². The monoisotopic (exact) mass is 356 g/mol. The third-order valence-electron chi connectivity index (χ3n) is 3.23. The highest BCUT2D eigenvalue weighted by Gasteiger charge is 2.14. The number of ether oxygens (including phenoxy) is 1. The Kier molecular flexibility index (Phi) is 5.44. The summed E-state index contributed by atoms with van der Waals surface area (Å²) in [5.41, 5.74) is 2.01. The second kappa shape index (κ2) is 7.09. The van der Waals surface area contributed by atoms with Crippen molar-refractivity contribution in [3.05, 3.63) is 63.9 Å². The van der Waals surface area contributed by atoms with Crippen molar-refractivity contribution >= 4 is 27.5 Å². The van der Waals surface area contributed by atoms with Crippen LogP contribution in [-0.2, 0) is 6.42 Å². The molecule has 0 heterocycles. The van der Waals surface area contributed by atoms with Crippen LogP contribution in [0.2, 0.25) is 0 Å². The molecule has 2 rings (SSSR count). The average Bonchev–Trinajstić information content (AvgIpc) is 2.46. The molecular weight excluding hydrogens is 343 g/mol. The maximum absolute atomic E-state index is 13.3. The fourth-order valence-electron chi connectivity index (χ4n) is 2.12. The smallest absolute Gasteiger partial charge is 0.123 e. The van der Waals surface area contributed by atoms with E-state index in [1.165, 1.54) is 6.07 Å². The Hall–Kier alpha value is -1.06. The average molecular weight is 358 g/mol. The molecule has 0 amide bonds. The van der Waals surface area contributed by atoms with E-state index >= 15 is 0 Å². The SMILES string of the molecule is COc1ccc(Br)c(CC(CCl)c2cccc(F)c2)c1. The first kappa shape index (κ1) is 15.3. The summed E-state index contributed by atoms with van der Waals surface area (Å²) in [5.74, 6) is 1.07. The van der Waals surface area contributed by atoms with Gasteiger partial charge < -0.3 is 4.74 Å². The van der Waals surface area contributed by atoms with Crippen LogP contribution in [0.1, 0.15) is 17.0 Å². The van der Waals surface area contributed by atoms with Gasteiger partial charge in [0, 0.05) is 16.3 Å². The summed E-state index contributed by atoms with van der Waals surface area (Å²) >= 11 is 9.59. The molecule has 0 aromatic heterocycles. The van der Waals surface area contributed by atoms with Crippen molar-refractivity contribution < 1.29 is 9.13 Å². The standard InChI is InChI=1S/C16H15BrClFO/c1-20-15-5-6-16(17)12(9-15)7-13(10-18)11-3-2-4-14(19)8-11/h2-6,8-9,13H,7,10H2,1H3. The zero-order valence-electron chi connectivity index (χ0n) is 11.1. The molecule has 0 bridgehead atoms. The van der Waals surface area contributed by atoms with Crippen molar-refractivity contribution in [1.29, 1.82) is 0 Å². The third kappa shape index (κ3) is 3.74. The van der Waals surface area contributed by atoms with Crippen molar-refractivity contribution in [2.45, 2.75) is 12.3 Å². The largest absolute Gasteiger partial charge is 0.497 e. The summed E-state index contributed by atoms with van der Waals surface area (Å²) < 4.78 is 19.6. The van der Waals surface area contributed by atoms with Gasteiger partial charge in [-0.3, -0.25) is 0 Å². The first-order valence-electron chi connectivity index (χ1n) is 6.28. The van der Waals surface area contributed by atoms with Crippen LogP contribution in [0.15, 0.2) is 46.9 Å². The van der Waals surface area contributed by atoms with Gasteiger partial charge in [0.2, 0.25) is 0 Å².